The summed E-state index contributed by atoms with van der Waals surface area (Å²) in [6.45, 7) is 3.58. The SMILES string of the molecule is CCOC(=O)c1ccccc1S(=O)(=O)[N-]C.C[N-]S(=O)(=O)c1ccc(Br)c(C(F)(F)F)c1.C[N-]S(=O)(=O)c1ccc(Br)cc1C.C[N-]S(=O)(=O)c1ccc(Br)cc1C(F)(F)F.C[N-]S(=O)(=O)c1ccc(Br)cc1F.C[N-]S(=O)(=O)c1cccc2c1ccn2C.C[N-]S(=O)(=O)c1ccccc1C(=O)OC.[CH3-].[CH3-].[CH3-].[CH3-].[CH3-].[CH3-].[CH3-].[Y].[Y].[Y].[Y].[Y].[Y].[Y]. The molecule has 0 spiro atoms. The average Bonchev–Trinajstić information content (AvgIpc) is 1.33. The van der Waals surface area contributed by atoms with Gasteiger partial charge in [-0.25, -0.2) is 72.9 Å². The maximum Gasteiger partial charge on any atom is 0.417 e. The van der Waals surface area contributed by atoms with Crippen molar-refractivity contribution in [1.29, 1.82) is 0 Å². The first-order valence-corrected chi connectivity index (χ1v) is 41.1. The number of alkyl halides is 6. The first-order chi connectivity index (χ1) is 47.9. The molecular formula is C67H81Br4F7N8O18S7Y7-14. The molecule has 1 aromatic heterocycles. The summed E-state index contributed by atoms with van der Waals surface area (Å²) in [5.41, 5.74) is -0.690. The molecule has 51 heteroatoms. The number of nitrogens with zero attached hydrogens (tertiary/aromatic N) is 8. The van der Waals surface area contributed by atoms with Gasteiger partial charge in [-0.05, 0) is 135 Å². The number of sulfonamides is 7. The Bertz CT molecular complexity index is 5150. The topological polar surface area (TPSA) is 395 Å². The predicted octanol–water partition coefficient (Wildman–Crippen LogP) is 18.8. The fourth-order valence-corrected chi connectivity index (χ4v) is 15.2. The van der Waals surface area contributed by atoms with Gasteiger partial charge < -0.3 is 99.1 Å². The Morgan fingerprint density at radius 1 is 0.398 bits per heavy atom. The molecule has 0 aliphatic carbocycles. The molecule has 0 fully saturated rings. The van der Waals surface area contributed by atoms with E-state index in [-0.39, 0.29) is 327 Å². The fraction of sp³-hybridized carbons (Fsp3) is 0.209. The van der Waals surface area contributed by atoms with Gasteiger partial charge in [0.1, 0.15) is 76.0 Å². The predicted molar refractivity (Wildman–Crippen MR) is 435 cm³/mol. The van der Waals surface area contributed by atoms with Gasteiger partial charge in [0.05, 0.1) is 65.3 Å². The van der Waals surface area contributed by atoms with E-state index in [9.17, 15) is 99.2 Å². The molecule has 0 aliphatic heterocycles. The maximum absolute atomic E-state index is 13.1. The van der Waals surface area contributed by atoms with Crippen LogP contribution in [0.2, 0.25) is 0 Å². The molecular weight excluding hydrogens is 2500 g/mol. The van der Waals surface area contributed by atoms with E-state index in [0.717, 1.165) is 69.5 Å². The van der Waals surface area contributed by atoms with E-state index >= 15 is 0 Å². The minimum Gasteiger partial charge on any atom is -0.547 e. The molecule has 0 atom stereocenters. The quantitative estimate of drug-likeness (QED) is 0.0464. The molecule has 0 amide bonds. The van der Waals surface area contributed by atoms with Gasteiger partial charge in [0.2, 0.25) is 0 Å². The van der Waals surface area contributed by atoms with Crippen LogP contribution in [-0.2, 0) is 328 Å². The Morgan fingerprint density at radius 2 is 0.737 bits per heavy atom. The second-order valence-electron chi connectivity index (χ2n) is 19.2. The van der Waals surface area contributed by atoms with Crippen LogP contribution in [0.1, 0.15) is 44.3 Å². The van der Waals surface area contributed by atoms with Crippen LogP contribution in [0.3, 0.4) is 0 Å². The van der Waals surface area contributed by atoms with Crippen LogP contribution >= 0.6 is 63.7 Å². The van der Waals surface area contributed by atoms with E-state index in [0.29, 0.717) is 27.6 Å². The summed E-state index contributed by atoms with van der Waals surface area (Å²) >= 11 is 11.8. The van der Waals surface area contributed by atoms with Crippen molar-refractivity contribution in [2.75, 3.05) is 63.1 Å². The third-order valence-electron chi connectivity index (χ3n) is 12.7. The van der Waals surface area contributed by atoms with Gasteiger partial charge in [0, 0.05) is 276 Å². The molecule has 7 radical (unpaired) electrons. The number of ether oxygens (including phenoxy) is 2. The molecule has 26 nitrogen and oxygen atoms in total. The molecule has 8 rings (SSSR count). The van der Waals surface area contributed by atoms with Crippen LogP contribution in [0, 0.1) is 64.7 Å². The normalized spacial score (nSPS) is 10.5. The van der Waals surface area contributed by atoms with Gasteiger partial charge in [-0.1, -0.05) is 94.1 Å². The van der Waals surface area contributed by atoms with E-state index in [4.69, 9.17) is 4.74 Å². The Kier molecular flexibility index (Phi) is 83.8. The van der Waals surface area contributed by atoms with E-state index in [2.05, 4.69) is 102 Å². The number of rotatable bonds is 17. The zero-order chi connectivity index (χ0) is 80.0. The minimum atomic E-state index is -4.74. The standard InChI is InChI=1S/C10H11N2O2S.C10H12NO4S.C9H10NO4S.2C8H6BrF3NO2S.C8H9BrNO2S.C7H6BrFNO2S.7CH3.7Y/c1-11-15(13,14)10-5-3-4-9-8(10)6-7-12(9)2;1-3-15-10(12)8-6-4-5-7-9(8)16(13,14)11-2;1-10-15(12,13)8-6-4-3-5-7(8)9(11)14-2;1-13-16(14,15)5-2-3-7(9)6(4-5)8(10,11)12;1-13-16(14,15)7-3-2-5(9)4-6(7)8(10,11)12;1-6-5-7(9)3-4-8(6)13(11,12)10-2;1-10-13(11,12)7-3-2-5(8)4-6(7)9;;;;;;;;;;;;;;/h3-7H,1-2H3;4-7H,3H2,1-2H3;3-6H,1-2H3;2*2-4H,1H3;3-5H,1-2H3;2-4H,1H3;7*1H3;;;;;;;/q14*-1;;;;;;;. The van der Waals surface area contributed by atoms with Crippen molar-refractivity contribution in [2.24, 2.45) is 7.05 Å². The summed E-state index contributed by atoms with van der Waals surface area (Å²) in [5.74, 6) is -2.16. The van der Waals surface area contributed by atoms with E-state index < -0.39 is 126 Å². The number of aryl methyl sites for hydroxylation is 2. The number of carbonyl (C=O) groups is 2. The van der Waals surface area contributed by atoms with Gasteiger partial charge in [-0.2, -0.15) is 75.7 Å². The molecule has 0 N–H and O–H groups in total. The summed E-state index contributed by atoms with van der Waals surface area (Å²) in [7, 11) is -15.5. The molecule has 0 bridgehead atoms. The number of benzene rings is 7. The van der Waals surface area contributed by atoms with Crippen LogP contribution in [0.4, 0.5) is 30.7 Å². The van der Waals surface area contributed by atoms with Crippen molar-refractivity contribution >= 4 is 157 Å². The van der Waals surface area contributed by atoms with Gasteiger partial charge in [-0.15, -0.1) is 0 Å². The number of fused-ring (bicyclic) bond motifs is 1. The van der Waals surface area contributed by atoms with Crippen LogP contribution in [0.5, 0.6) is 0 Å². The smallest absolute Gasteiger partial charge is 0.417 e. The number of carbonyl (C=O) groups excluding carboxylic acids is 2. The van der Waals surface area contributed by atoms with Gasteiger partial charge in [0.15, 0.2) is 0 Å². The largest absolute Gasteiger partial charge is 0.547 e. The van der Waals surface area contributed by atoms with Crippen molar-refractivity contribution in [3.8, 4) is 0 Å². The third kappa shape index (κ3) is 45.9. The third-order valence-corrected chi connectivity index (χ3v) is 24.7. The van der Waals surface area contributed by atoms with Crippen LogP contribution < -0.4 is 0 Å². The number of hydrogen-bond acceptors (Lipinski definition) is 18. The molecule has 1 heterocycles. The molecule has 8 aromatic rings. The first-order valence-electron chi connectivity index (χ1n) is 27.9. The van der Waals surface area contributed by atoms with Crippen molar-refractivity contribution in [1.82, 2.24) is 4.57 Å². The monoisotopic (exact) mass is 2580 g/mol. The number of methoxy groups -OCH3 is 1. The summed E-state index contributed by atoms with van der Waals surface area (Å²) in [5, 5.41) is 0.714. The zero-order valence-corrected chi connectivity index (χ0v) is 98.6. The molecule has 118 heavy (non-hydrogen) atoms. The number of aromatic nitrogens is 1. The molecule has 0 saturated carbocycles. The van der Waals surface area contributed by atoms with Crippen molar-refractivity contribution in [2.45, 2.75) is 60.5 Å². The van der Waals surface area contributed by atoms with E-state index in [1.165, 1.54) is 75.8 Å². The summed E-state index contributed by atoms with van der Waals surface area (Å²) < 4.78 is 282. The van der Waals surface area contributed by atoms with Crippen LogP contribution in [0.15, 0.2) is 204 Å². The summed E-state index contributed by atoms with van der Waals surface area (Å²) in [6, 6.07) is 32.7. The summed E-state index contributed by atoms with van der Waals surface area (Å²) in [6.07, 6.45) is -7.52. The Morgan fingerprint density at radius 3 is 1.12 bits per heavy atom. The minimum absolute atomic E-state index is 0. The van der Waals surface area contributed by atoms with Gasteiger partial charge in [0.25, 0.3) is 0 Å². The second kappa shape index (κ2) is 66.8. The number of hydrogen-bond donors (Lipinski definition) is 0. The number of halogens is 11. The Labute approximate surface area is 902 Å². The number of esters is 2. The van der Waals surface area contributed by atoms with Crippen LogP contribution in [0.25, 0.3) is 44.0 Å². The maximum atomic E-state index is 13.1. The molecule has 0 saturated heterocycles. The zero-order valence-electron chi connectivity index (χ0n) is 66.6. The Hall–Kier alpha value is 1.55. The van der Waals surface area contributed by atoms with Crippen molar-refractivity contribution in [3.63, 3.8) is 0 Å². The van der Waals surface area contributed by atoms with Gasteiger partial charge in [-0.3, -0.25) is 0 Å². The average molecular weight is 2590 g/mol. The van der Waals surface area contributed by atoms with Crippen molar-refractivity contribution < 1.29 is 338 Å². The Balaban J connectivity index is -0.0000000973. The van der Waals surface area contributed by atoms with Crippen molar-refractivity contribution in [3.05, 3.63) is 288 Å². The summed E-state index contributed by atoms with van der Waals surface area (Å²) in [4.78, 5) is 21.3. The molecule has 0 aliphatic rings. The van der Waals surface area contributed by atoms with E-state index in [1.54, 1.807) is 62.4 Å². The molecule has 651 valence electrons. The first kappa shape index (κ1) is 148. The molecule has 0 unspecified atom stereocenters. The molecule has 7 aromatic carbocycles. The second-order valence-corrected chi connectivity index (χ2v) is 35.1. The van der Waals surface area contributed by atoms with Crippen LogP contribution in [-0.4, -0.2) is 138 Å². The van der Waals surface area contributed by atoms with Gasteiger partial charge >= 0.3 is 24.3 Å². The fourth-order valence-electron chi connectivity index (χ4n) is 7.65. The van der Waals surface area contributed by atoms with E-state index in [1.807, 2.05) is 23.9 Å².